The van der Waals surface area contributed by atoms with Gasteiger partial charge in [-0.3, -0.25) is 4.90 Å². The third kappa shape index (κ3) is 2.40. The first-order chi connectivity index (χ1) is 10.4. The van der Waals surface area contributed by atoms with Crippen LogP contribution in [0.3, 0.4) is 0 Å². The molecule has 1 saturated heterocycles. The largest absolute Gasteiger partial charge is 0.479 e. The Hall–Kier alpha value is -2.52. The van der Waals surface area contributed by atoms with Gasteiger partial charge in [0.15, 0.2) is 12.1 Å². The molecule has 1 aliphatic heterocycles. The van der Waals surface area contributed by atoms with Crippen LogP contribution in [-0.2, 0) is 19.8 Å². The molecule has 0 aliphatic carbocycles. The van der Waals surface area contributed by atoms with E-state index in [1.54, 1.807) is 44.2 Å². The molecule has 22 heavy (non-hydrogen) atoms. The van der Waals surface area contributed by atoms with Crippen molar-refractivity contribution >= 4 is 12.1 Å². The number of nitrogens with zero attached hydrogens (tertiary/aromatic N) is 1. The first kappa shape index (κ1) is 15.9. The van der Waals surface area contributed by atoms with Gasteiger partial charge in [-0.15, -0.1) is 6.42 Å². The van der Waals surface area contributed by atoms with Crippen LogP contribution in [0, 0.1) is 12.3 Å². The molecule has 6 nitrogen and oxygen atoms in total. The van der Waals surface area contributed by atoms with Gasteiger partial charge in [0.1, 0.15) is 5.72 Å². The molecule has 116 valence electrons. The van der Waals surface area contributed by atoms with Gasteiger partial charge >= 0.3 is 12.1 Å². The number of carboxylic acid groups (broad SMARTS) is 1. The highest BCUT2D eigenvalue weighted by Gasteiger charge is 2.60. The lowest BCUT2D eigenvalue weighted by Crippen LogP contribution is -2.57. The first-order valence-electron chi connectivity index (χ1n) is 6.69. The summed E-state index contributed by atoms with van der Waals surface area (Å²) >= 11 is 0. The molecule has 6 heteroatoms. The molecule has 0 spiro atoms. The number of carboxylic acids is 1. The molecule has 0 bridgehead atoms. The fraction of sp³-hybridized carbons (Fsp3) is 0.375. The van der Waals surface area contributed by atoms with E-state index in [4.69, 9.17) is 15.9 Å². The van der Waals surface area contributed by atoms with Gasteiger partial charge in [0, 0.05) is 0 Å². The number of amides is 1. The first-order valence-corrected chi connectivity index (χ1v) is 6.69. The van der Waals surface area contributed by atoms with Gasteiger partial charge < -0.3 is 14.6 Å². The molecule has 0 saturated carbocycles. The van der Waals surface area contributed by atoms with Gasteiger partial charge in [0.25, 0.3) is 0 Å². The van der Waals surface area contributed by atoms with E-state index in [1.165, 1.54) is 0 Å². The normalized spacial score (nSPS) is 22.9. The molecule has 1 N–H and O–H groups in total. The van der Waals surface area contributed by atoms with Crippen LogP contribution in [0.25, 0.3) is 0 Å². The Bertz CT molecular complexity index is 619. The lowest BCUT2D eigenvalue weighted by Gasteiger charge is -2.38. The topological polar surface area (TPSA) is 76.1 Å². The van der Waals surface area contributed by atoms with Gasteiger partial charge in [0.2, 0.25) is 0 Å². The second kappa shape index (κ2) is 5.70. The summed E-state index contributed by atoms with van der Waals surface area (Å²) < 4.78 is 10.5. The van der Waals surface area contributed by atoms with Crippen LogP contribution >= 0.6 is 0 Å². The number of terminal acetylenes is 1. The summed E-state index contributed by atoms with van der Waals surface area (Å²) in [7, 11) is 0. The summed E-state index contributed by atoms with van der Waals surface area (Å²) in [5, 5.41) is 9.82. The number of carbonyl (C=O) groups excluding carboxylic acids is 1. The molecular formula is C16H17NO5. The Morgan fingerprint density at radius 3 is 2.59 bits per heavy atom. The summed E-state index contributed by atoms with van der Waals surface area (Å²) in [4.78, 5) is 25.5. The maximum absolute atomic E-state index is 12.4. The Morgan fingerprint density at radius 1 is 1.41 bits per heavy atom. The minimum Gasteiger partial charge on any atom is -0.479 e. The van der Waals surface area contributed by atoms with Crippen LogP contribution in [0.5, 0.6) is 0 Å². The average molecular weight is 303 g/mol. The van der Waals surface area contributed by atoms with Crippen LogP contribution in [0.2, 0.25) is 0 Å². The Balaban J connectivity index is 2.55. The van der Waals surface area contributed by atoms with Crippen LogP contribution in [0.4, 0.5) is 4.79 Å². The summed E-state index contributed by atoms with van der Waals surface area (Å²) in [5.74, 6) is 0.995. The van der Waals surface area contributed by atoms with Crippen molar-refractivity contribution in [3.8, 4) is 12.3 Å². The van der Waals surface area contributed by atoms with Gasteiger partial charge in [-0.05, 0) is 19.4 Å². The number of hydrogen-bond acceptors (Lipinski definition) is 4. The van der Waals surface area contributed by atoms with Crippen molar-refractivity contribution in [2.45, 2.75) is 25.1 Å². The standard InChI is InChI=1S/C16H17NO5/c1-4-10-21-14(20)17-15(2,3)22-11-16(17,13(18)19)12-8-6-5-7-9-12/h1,5-9H,10-11H2,2-3H3,(H,18,19). The zero-order valence-corrected chi connectivity index (χ0v) is 12.4. The Morgan fingerprint density at radius 2 is 2.05 bits per heavy atom. The van der Waals surface area contributed by atoms with E-state index in [9.17, 15) is 14.7 Å². The van der Waals surface area contributed by atoms with Gasteiger partial charge in [-0.1, -0.05) is 36.3 Å². The molecule has 1 unspecified atom stereocenters. The highest BCUT2D eigenvalue weighted by Crippen LogP contribution is 2.42. The van der Waals surface area contributed by atoms with Gasteiger partial charge in [0.05, 0.1) is 6.61 Å². The average Bonchev–Trinajstić information content (AvgIpc) is 2.78. The molecule has 1 aliphatic rings. The van der Waals surface area contributed by atoms with Crippen molar-refractivity contribution in [1.82, 2.24) is 4.90 Å². The van der Waals surface area contributed by atoms with E-state index in [0.29, 0.717) is 5.56 Å². The number of benzene rings is 1. The third-order valence-electron chi connectivity index (χ3n) is 3.62. The smallest absolute Gasteiger partial charge is 0.414 e. The third-order valence-corrected chi connectivity index (χ3v) is 3.62. The van der Waals surface area contributed by atoms with Crippen molar-refractivity contribution in [2.24, 2.45) is 0 Å². The SMILES string of the molecule is C#CCOC(=O)N1C(C)(C)OCC1(C(=O)O)c1ccccc1. The number of carbonyl (C=O) groups is 2. The number of aliphatic carboxylic acids is 1. The van der Waals surface area contributed by atoms with Crippen molar-refractivity contribution < 1.29 is 24.2 Å². The lowest BCUT2D eigenvalue weighted by atomic mass is 9.89. The predicted octanol–water partition coefficient (Wildman–Crippen LogP) is 1.80. The molecule has 1 aromatic carbocycles. The van der Waals surface area contributed by atoms with Crippen molar-refractivity contribution in [3.05, 3.63) is 35.9 Å². The van der Waals surface area contributed by atoms with E-state index in [1.807, 2.05) is 0 Å². The van der Waals surface area contributed by atoms with Gasteiger partial charge in [-0.25, -0.2) is 9.59 Å². The minimum absolute atomic E-state index is 0.176. The summed E-state index contributed by atoms with van der Waals surface area (Å²) in [6.07, 6.45) is 4.26. The van der Waals surface area contributed by atoms with Crippen LogP contribution in [0.15, 0.2) is 30.3 Å². The maximum Gasteiger partial charge on any atom is 0.414 e. The second-order valence-electron chi connectivity index (χ2n) is 5.36. The maximum atomic E-state index is 12.4. The lowest BCUT2D eigenvalue weighted by molar-refractivity contribution is -0.150. The molecule has 1 atom stereocenters. The fourth-order valence-electron chi connectivity index (χ4n) is 2.62. The fourth-order valence-corrected chi connectivity index (χ4v) is 2.62. The van der Waals surface area contributed by atoms with E-state index < -0.39 is 23.3 Å². The van der Waals surface area contributed by atoms with Crippen molar-refractivity contribution in [1.29, 1.82) is 0 Å². The Kier molecular flexibility index (Phi) is 4.11. The molecule has 1 heterocycles. The predicted molar refractivity (Wildman–Crippen MR) is 77.8 cm³/mol. The van der Waals surface area contributed by atoms with Crippen molar-refractivity contribution in [3.63, 3.8) is 0 Å². The van der Waals surface area contributed by atoms with Gasteiger partial charge in [-0.2, -0.15) is 0 Å². The van der Waals surface area contributed by atoms with E-state index in [2.05, 4.69) is 5.92 Å². The zero-order chi connectivity index (χ0) is 16.4. The minimum atomic E-state index is -1.66. The molecule has 0 radical (unpaired) electrons. The van der Waals surface area contributed by atoms with Crippen LogP contribution in [0.1, 0.15) is 19.4 Å². The highest BCUT2D eigenvalue weighted by molar-refractivity contribution is 5.87. The molecule has 1 amide bonds. The number of ether oxygens (including phenoxy) is 2. The number of rotatable bonds is 3. The molecule has 1 fully saturated rings. The quantitative estimate of drug-likeness (QED) is 0.862. The summed E-state index contributed by atoms with van der Waals surface area (Å²) in [5.41, 5.74) is -2.36. The molecule has 1 aromatic rings. The Labute approximate surface area is 128 Å². The molecule has 2 rings (SSSR count). The van der Waals surface area contributed by atoms with E-state index in [0.717, 1.165) is 4.90 Å². The van der Waals surface area contributed by atoms with Crippen LogP contribution < -0.4 is 0 Å². The summed E-state index contributed by atoms with van der Waals surface area (Å²) in [6.45, 7) is 2.80. The summed E-state index contributed by atoms with van der Waals surface area (Å²) in [6, 6.07) is 8.45. The molecular weight excluding hydrogens is 286 g/mol. The zero-order valence-electron chi connectivity index (χ0n) is 12.4. The highest BCUT2D eigenvalue weighted by atomic mass is 16.6. The van der Waals surface area contributed by atoms with Crippen LogP contribution in [-0.4, -0.2) is 41.0 Å². The molecule has 0 aromatic heterocycles. The number of hydrogen-bond donors (Lipinski definition) is 1. The monoisotopic (exact) mass is 303 g/mol. The van der Waals surface area contributed by atoms with Crippen molar-refractivity contribution in [2.75, 3.05) is 13.2 Å². The van der Waals surface area contributed by atoms with E-state index >= 15 is 0 Å². The van der Waals surface area contributed by atoms with E-state index in [-0.39, 0.29) is 13.2 Å². The second-order valence-corrected chi connectivity index (χ2v) is 5.36.